The van der Waals surface area contributed by atoms with Gasteiger partial charge in [-0.2, -0.15) is 0 Å². The minimum atomic E-state index is -3.15. The zero-order chi connectivity index (χ0) is 28.5. The van der Waals surface area contributed by atoms with Gasteiger partial charge in [-0.05, 0) is 56.9 Å². The molecule has 7 aromatic carbocycles. The topological polar surface area (TPSA) is 34.9 Å². The average molecular weight is 569 g/mol. The minimum Gasteiger partial charge on any atom is -0.308 e. The van der Waals surface area contributed by atoms with Crippen LogP contribution in [-0.4, -0.2) is 9.55 Å². The summed E-state index contributed by atoms with van der Waals surface area (Å²) in [6.45, 7) is 0. The first kappa shape index (κ1) is 24.4. The number of para-hydroxylation sites is 2. The number of fused-ring (bicyclic) bond motifs is 4. The fourth-order valence-corrected chi connectivity index (χ4v) is 10.0. The summed E-state index contributed by atoms with van der Waals surface area (Å²) in [4.78, 5) is 5.36. The molecule has 0 bridgehead atoms. The van der Waals surface area contributed by atoms with Crippen molar-refractivity contribution in [2.45, 2.75) is 0 Å². The van der Waals surface area contributed by atoms with E-state index in [1.54, 1.807) is 0 Å². The number of aromatic nitrogens is 2. The van der Waals surface area contributed by atoms with E-state index >= 15 is 4.57 Å². The smallest absolute Gasteiger partial charge is 0.175 e. The number of benzene rings is 7. The standard InChI is InChI=1S/C39H25N2OP/c42-43(27-16-5-2-6-17-27)34-24-12-11-23-33(34)41-38-32(22-13-25-35(38)43)40-39(41)37-30-20-9-7-18-28(30)36(26-14-3-1-4-15-26)29-19-8-10-21-31(29)37/h1-25H. The van der Waals surface area contributed by atoms with Gasteiger partial charge in [0.1, 0.15) is 5.82 Å². The highest BCUT2D eigenvalue weighted by Gasteiger charge is 2.40. The molecule has 0 N–H and O–H groups in total. The largest absolute Gasteiger partial charge is 0.308 e. The molecule has 202 valence electrons. The highest BCUT2D eigenvalue weighted by molar-refractivity contribution is 7.86. The van der Waals surface area contributed by atoms with Crippen LogP contribution in [0.1, 0.15) is 0 Å². The number of hydrogen-bond acceptors (Lipinski definition) is 2. The molecule has 0 aliphatic carbocycles. The van der Waals surface area contributed by atoms with Crippen molar-refractivity contribution >= 4 is 55.6 Å². The van der Waals surface area contributed by atoms with Gasteiger partial charge >= 0.3 is 0 Å². The number of nitrogens with zero attached hydrogens (tertiary/aromatic N) is 2. The third kappa shape index (κ3) is 3.31. The van der Waals surface area contributed by atoms with Crippen molar-refractivity contribution in [2.24, 2.45) is 0 Å². The minimum absolute atomic E-state index is 0.836. The van der Waals surface area contributed by atoms with Crippen LogP contribution in [0.4, 0.5) is 0 Å². The van der Waals surface area contributed by atoms with Crippen molar-refractivity contribution in [2.75, 3.05) is 0 Å². The van der Waals surface area contributed by atoms with E-state index in [9.17, 15) is 0 Å². The molecule has 43 heavy (non-hydrogen) atoms. The van der Waals surface area contributed by atoms with E-state index in [2.05, 4.69) is 89.5 Å². The van der Waals surface area contributed by atoms with Gasteiger partial charge in [-0.1, -0.05) is 127 Å². The maximum Gasteiger partial charge on any atom is 0.175 e. The van der Waals surface area contributed by atoms with Crippen molar-refractivity contribution in [1.29, 1.82) is 0 Å². The summed E-state index contributed by atoms with van der Waals surface area (Å²) in [5.74, 6) is 0.862. The Kier molecular flexibility index (Phi) is 5.17. The van der Waals surface area contributed by atoms with Crippen molar-refractivity contribution in [1.82, 2.24) is 9.55 Å². The molecule has 2 heterocycles. The fourth-order valence-electron chi connectivity index (χ4n) is 7.02. The van der Waals surface area contributed by atoms with E-state index in [1.165, 1.54) is 21.9 Å². The quantitative estimate of drug-likeness (QED) is 0.158. The third-order valence-corrected chi connectivity index (χ3v) is 11.9. The van der Waals surface area contributed by atoms with E-state index in [0.29, 0.717) is 0 Å². The Hall–Kier alpha value is -5.24. The molecule has 1 atom stereocenters. The molecule has 1 aliphatic rings. The van der Waals surface area contributed by atoms with Crippen molar-refractivity contribution in [3.05, 3.63) is 152 Å². The first-order chi connectivity index (χ1) is 21.2. The van der Waals surface area contributed by atoms with Crippen molar-refractivity contribution < 1.29 is 4.57 Å². The predicted molar refractivity (Wildman–Crippen MR) is 180 cm³/mol. The van der Waals surface area contributed by atoms with E-state index in [4.69, 9.17) is 4.98 Å². The van der Waals surface area contributed by atoms with Crippen LogP contribution in [-0.2, 0) is 4.57 Å². The molecule has 0 spiro atoms. The summed E-state index contributed by atoms with van der Waals surface area (Å²) < 4.78 is 17.7. The molecular weight excluding hydrogens is 543 g/mol. The van der Waals surface area contributed by atoms with Crippen LogP contribution in [0.25, 0.3) is 60.8 Å². The van der Waals surface area contributed by atoms with Gasteiger partial charge in [-0.25, -0.2) is 4.98 Å². The van der Waals surface area contributed by atoms with Crippen LogP contribution < -0.4 is 15.9 Å². The molecule has 0 amide bonds. The summed E-state index contributed by atoms with van der Waals surface area (Å²) in [5, 5.41) is 7.16. The monoisotopic (exact) mass is 568 g/mol. The maximum absolute atomic E-state index is 15.4. The lowest BCUT2D eigenvalue weighted by Gasteiger charge is -2.29. The lowest BCUT2D eigenvalue weighted by Crippen LogP contribution is -2.32. The van der Waals surface area contributed by atoms with Crippen LogP contribution in [0.3, 0.4) is 0 Å². The maximum atomic E-state index is 15.4. The summed E-state index contributed by atoms with van der Waals surface area (Å²) in [7, 11) is -3.15. The van der Waals surface area contributed by atoms with Gasteiger partial charge in [0.2, 0.25) is 0 Å². The summed E-state index contributed by atoms with van der Waals surface area (Å²) in [5.41, 5.74) is 6.18. The van der Waals surface area contributed by atoms with Gasteiger partial charge in [0.15, 0.2) is 7.14 Å². The van der Waals surface area contributed by atoms with E-state index < -0.39 is 7.14 Å². The summed E-state index contributed by atoms with van der Waals surface area (Å²) >= 11 is 0. The normalized spacial score (nSPS) is 15.6. The second kappa shape index (κ2) is 9.13. The molecular formula is C39H25N2OP. The molecule has 3 nitrogen and oxygen atoms in total. The van der Waals surface area contributed by atoms with Crippen LogP contribution in [0.2, 0.25) is 0 Å². The molecule has 0 fully saturated rings. The fraction of sp³-hybridized carbons (Fsp3) is 0. The molecule has 8 aromatic rings. The Labute approximate surface area is 249 Å². The van der Waals surface area contributed by atoms with Crippen LogP contribution in [0, 0.1) is 0 Å². The summed E-state index contributed by atoms with van der Waals surface area (Å²) in [6, 6.07) is 52.1. The van der Waals surface area contributed by atoms with Gasteiger partial charge in [-0.3, -0.25) is 4.57 Å². The molecule has 4 heteroatoms. The zero-order valence-corrected chi connectivity index (χ0v) is 24.1. The SMILES string of the molecule is O=P1(c2ccccc2)c2ccccc2-n2c(-c3c4ccccc4c(-c4ccccc4)c4ccccc34)nc3cccc1c32. The third-order valence-electron chi connectivity index (χ3n) is 8.79. The van der Waals surface area contributed by atoms with Gasteiger partial charge in [0.25, 0.3) is 0 Å². The Bertz CT molecular complexity index is 2370. The average Bonchev–Trinajstić information content (AvgIpc) is 3.46. The van der Waals surface area contributed by atoms with Crippen LogP contribution in [0.15, 0.2) is 152 Å². The predicted octanol–water partition coefficient (Wildman–Crippen LogP) is 8.62. The number of rotatable bonds is 3. The first-order valence-electron chi connectivity index (χ1n) is 14.5. The van der Waals surface area contributed by atoms with Crippen LogP contribution >= 0.6 is 7.14 Å². The van der Waals surface area contributed by atoms with Crippen LogP contribution in [0.5, 0.6) is 0 Å². The molecule has 9 rings (SSSR count). The van der Waals surface area contributed by atoms with E-state index in [1.807, 2.05) is 66.7 Å². The second-order valence-electron chi connectivity index (χ2n) is 11.1. The van der Waals surface area contributed by atoms with Crippen molar-refractivity contribution in [3.63, 3.8) is 0 Å². The van der Waals surface area contributed by atoms with Crippen molar-refractivity contribution in [3.8, 4) is 28.2 Å². The zero-order valence-electron chi connectivity index (χ0n) is 23.2. The van der Waals surface area contributed by atoms with E-state index in [-0.39, 0.29) is 0 Å². The van der Waals surface area contributed by atoms with Gasteiger partial charge in [-0.15, -0.1) is 0 Å². The van der Waals surface area contributed by atoms with Gasteiger partial charge in [0.05, 0.1) is 16.7 Å². The Morgan fingerprint density at radius 1 is 0.488 bits per heavy atom. The van der Waals surface area contributed by atoms with E-state index in [0.717, 1.165) is 54.8 Å². The number of imidazole rings is 1. The Morgan fingerprint density at radius 3 is 1.70 bits per heavy atom. The summed E-state index contributed by atoms with van der Waals surface area (Å²) in [6.07, 6.45) is 0. The Balaban J connectivity index is 1.47. The molecule has 1 aliphatic heterocycles. The van der Waals surface area contributed by atoms with Gasteiger partial charge in [0, 0.05) is 21.5 Å². The first-order valence-corrected chi connectivity index (χ1v) is 16.2. The Morgan fingerprint density at radius 2 is 1.02 bits per heavy atom. The molecule has 1 aromatic heterocycles. The highest BCUT2D eigenvalue weighted by Crippen LogP contribution is 2.51. The highest BCUT2D eigenvalue weighted by atomic mass is 31.2. The number of hydrogen-bond donors (Lipinski definition) is 0. The lowest BCUT2D eigenvalue weighted by atomic mass is 9.88. The molecule has 1 unspecified atom stereocenters. The lowest BCUT2D eigenvalue weighted by molar-refractivity contribution is 0.592. The molecule has 0 saturated heterocycles. The molecule has 0 radical (unpaired) electrons. The molecule has 0 saturated carbocycles. The second-order valence-corrected chi connectivity index (χ2v) is 13.8. The van der Waals surface area contributed by atoms with Gasteiger partial charge < -0.3 is 4.57 Å².